The quantitative estimate of drug-likeness (QED) is 0.527. The topological polar surface area (TPSA) is 76.4 Å². The van der Waals surface area contributed by atoms with Gasteiger partial charge >= 0.3 is 0 Å². The third-order valence-corrected chi connectivity index (χ3v) is 6.22. The van der Waals surface area contributed by atoms with Crippen molar-refractivity contribution in [1.29, 1.82) is 0 Å². The van der Waals surface area contributed by atoms with Gasteiger partial charge in [0, 0.05) is 13.6 Å². The molecule has 0 bridgehead atoms. The third kappa shape index (κ3) is 5.49. The summed E-state index contributed by atoms with van der Waals surface area (Å²) in [5.74, 6) is 3.48. The SMILES string of the molecule is CCC1(CNC(=NCc2ccc(OC)cc2)NCc2nnc(C)n2C)CCCC1. The van der Waals surface area contributed by atoms with E-state index >= 15 is 0 Å². The van der Waals surface area contributed by atoms with Crippen LogP contribution < -0.4 is 15.4 Å². The maximum absolute atomic E-state index is 5.24. The summed E-state index contributed by atoms with van der Waals surface area (Å²) in [5, 5.41) is 15.4. The Labute approximate surface area is 174 Å². The Bertz CT molecular complexity index is 805. The highest BCUT2D eigenvalue weighted by Gasteiger charge is 2.31. The molecule has 7 heteroatoms. The van der Waals surface area contributed by atoms with E-state index in [4.69, 9.17) is 9.73 Å². The van der Waals surface area contributed by atoms with Crippen LogP contribution in [0.5, 0.6) is 5.75 Å². The normalized spacial score (nSPS) is 16.1. The molecule has 0 radical (unpaired) electrons. The van der Waals surface area contributed by atoms with Gasteiger partial charge in [-0.1, -0.05) is 31.9 Å². The van der Waals surface area contributed by atoms with Gasteiger partial charge in [0.25, 0.3) is 0 Å². The zero-order valence-electron chi connectivity index (χ0n) is 18.2. The molecule has 3 rings (SSSR count). The standard InChI is InChI=1S/C22H34N6O/c1-5-22(12-6-7-13-22)16-25-21(24-15-20-27-26-17(2)28(20)3)23-14-18-8-10-19(29-4)11-9-18/h8-11H,5-7,12-16H2,1-4H3,(H2,23,24,25). The van der Waals surface area contributed by atoms with Gasteiger partial charge in [0.15, 0.2) is 11.8 Å². The molecule has 1 aromatic heterocycles. The Morgan fingerprint density at radius 3 is 2.48 bits per heavy atom. The van der Waals surface area contributed by atoms with Gasteiger partial charge in [0.1, 0.15) is 11.6 Å². The van der Waals surface area contributed by atoms with E-state index < -0.39 is 0 Å². The van der Waals surface area contributed by atoms with Gasteiger partial charge in [0.2, 0.25) is 0 Å². The van der Waals surface area contributed by atoms with Crippen LogP contribution in [0.25, 0.3) is 0 Å². The predicted octanol–water partition coefficient (Wildman–Crippen LogP) is 3.34. The number of hydrogen-bond acceptors (Lipinski definition) is 4. The van der Waals surface area contributed by atoms with Crippen molar-refractivity contribution in [2.24, 2.45) is 17.5 Å². The number of nitrogens with one attached hydrogen (secondary N) is 2. The lowest BCUT2D eigenvalue weighted by Crippen LogP contribution is -2.43. The minimum absolute atomic E-state index is 0.393. The van der Waals surface area contributed by atoms with Gasteiger partial charge in [-0.2, -0.15) is 0 Å². The van der Waals surface area contributed by atoms with Crippen LogP contribution in [0.15, 0.2) is 29.3 Å². The van der Waals surface area contributed by atoms with Crippen molar-refractivity contribution >= 4 is 5.96 Å². The molecule has 29 heavy (non-hydrogen) atoms. The van der Waals surface area contributed by atoms with E-state index in [2.05, 4.69) is 39.9 Å². The van der Waals surface area contributed by atoms with Crippen molar-refractivity contribution in [3.8, 4) is 5.75 Å². The number of guanidine groups is 1. The summed E-state index contributed by atoms with van der Waals surface area (Å²) >= 11 is 0. The fraction of sp³-hybridized carbons (Fsp3) is 0.591. The van der Waals surface area contributed by atoms with E-state index in [9.17, 15) is 0 Å². The number of aromatic nitrogens is 3. The van der Waals surface area contributed by atoms with Crippen molar-refractivity contribution in [3.05, 3.63) is 41.5 Å². The third-order valence-electron chi connectivity index (χ3n) is 6.22. The molecule has 1 heterocycles. The highest BCUT2D eigenvalue weighted by Crippen LogP contribution is 2.40. The molecule has 1 aliphatic carbocycles. The summed E-state index contributed by atoms with van der Waals surface area (Å²) in [6.07, 6.45) is 6.46. The van der Waals surface area contributed by atoms with Crippen molar-refractivity contribution in [1.82, 2.24) is 25.4 Å². The number of aryl methyl sites for hydroxylation is 1. The Hall–Kier alpha value is -2.57. The molecule has 2 N–H and O–H groups in total. The largest absolute Gasteiger partial charge is 0.497 e. The van der Waals surface area contributed by atoms with Gasteiger partial charge < -0.3 is 19.9 Å². The number of nitrogens with zero attached hydrogens (tertiary/aromatic N) is 4. The van der Waals surface area contributed by atoms with Crippen molar-refractivity contribution in [3.63, 3.8) is 0 Å². The van der Waals surface area contributed by atoms with E-state index in [0.29, 0.717) is 18.5 Å². The predicted molar refractivity (Wildman–Crippen MR) is 116 cm³/mol. The summed E-state index contributed by atoms with van der Waals surface area (Å²) < 4.78 is 7.24. The molecule has 0 amide bonds. The van der Waals surface area contributed by atoms with E-state index in [1.807, 2.05) is 30.7 Å². The highest BCUT2D eigenvalue weighted by molar-refractivity contribution is 5.79. The Morgan fingerprint density at radius 2 is 1.90 bits per heavy atom. The minimum Gasteiger partial charge on any atom is -0.497 e. The fourth-order valence-corrected chi connectivity index (χ4v) is 3.89. The zero-order chi connectivity index (χ0) is 20.7. The zero-order valence-corrected chi connectivity index (χ0v) is 18.2. The molecule has 0 spiro atoms. The number of benzene rings is 1. The maximum atomic E-state index is 5.24. The molecule has 7 nitrogen and oxygen atoms in total. The average Bonchev–Trinajstić information content (AvgIpc) is 3.36. The second-order valence-corrected chi connectivity index (χ2v) is 8.00. The van der Waals surface area contributed by atoms with Gasteiger partial charge in [-0.05, 0) is 49.3 Å². The average molecular weight is 399 g/mol. The molecule has 1 aliphatic rings. The number of aliphatic imine (C=N–C) groups is 1. The summed E-state index contributed by atoms with van der Waals surface area (Å²) in [7, 11) is 3.67. The van der Waals surface area contributed by atoms with E-state index in [1.54, 1.807) is 7.11 Å². The molecular formula is C22H34N6O. The molecule has 1 saturated carbocycles. The van der Waals surface area contributed by atoms with E-state index in [0.717, 1.165) is 35.5 Å². The highest BCUT2D eigenvalue weighted by atomic mass is 16.5. The molecule has 1 fully saturated rings. The molecule has 2 aromatic rings. The molecule has 0 saturated heterocycles. The summed E-state index contributed by atoms with van der Waals surface area (Å²) in [6.45, 7) is 6.41. The summed E-state index contributed by atoms with van der Waals surface area (Å²) in [4.78, 5) is 4.82. The maximum Gasteiger partial charge on any atom is 0.191 e. The lowest BCUT2D eigenvalue weighted by atomic mass is 9.83. The van der Waals surface area contributed by atoms with Crippen molar-refractivity contribution < 1.29 is 4.74 Å². The van der Waals surface area contributed by atoms with Gasteiger partial charge in [-0.25, -0.2) is 4.99 Å². The van der Waals surface area contributed by atoms with Gasteiger partial charge in [0.05, 0.1) is 20.2 Å². The molecular weight excluding hydrogens is 364 g/mol. The molecule has 158 valence electrons. The van der Waals surface area contributed by atoms with Crippen LogP contribution in [0.3, 0.4) is 0 Å². The second-order valence-electron chi connectivity index (χ2n) is 8.00. The minimum atomic E-state index is 0.393. The van der Waals surface area contributed by atoms with Crippen LogP contribution in [0.4, 0.5) is 0 Å². The van der Waals surface area contributed by atoms with Gasteiger partial charge in [-0.15, -0.1) is 10.2 Å². The smallest absolute Gasteiger partial charge is 0.191 e. The first-order chi connectivity index (χ1) is 14.0. The first-order valence-corrected chi connectivity index (χ1v) is 10.6. The first kappa shape index (κ1) is 21.1. The molecule has 0 unspecified atom stereocenters. The fourth-order valence-electron chi connectivity index (χ4n) is 3.89. The van der Waals surface area contributed by atoms with Crippen molar-refractivity contribution in [2.75, 3.05) is 13.7 Å². The van der Waals surface area contributed by atoms with Crippen molar-refractivity contribution in [2.45, 2.75) is 59.0 Å². The van der Waals surface area contributed by atoms with Crippen LogP contribution >= 0.6 is 0 Å². The Morgan fingerprint density at radius 1 is 1.17 bits per heavy atom. The van der Waals surface area contributed by atoms with Crippen LogP contribution in [0.2, 0.25) is 0 Å². The molecule has 1 aromatic carbocycles. The lowest BCUT2D eigenvalue weighted by molar-refractivity contribution is 0.283. The van der Waals surface area contributed by atoms with Crippen LogP contribution in [-0.4, -0.2) is 34.4 Å². The number of ether oxygens (including phenoxy) is 1. The van der Waals surface area contributed by atoms with Crippen LogP contribution in [-0.2, 0) is 20.1 Å². The first-order valence-electron chi connectivity index (χ1n) is 10.6. The molecule has 0 aliphatic heterocycles. The Kier molecular flexibility index (Phi) is 7.12. The molecule has 0 atom stereocenters. The Balaban J connectivity index is 1.67. The summed E-state index contributed by atoms with van der Waals surface area (Å²) in [6, 6.07) is 8.05. The van der Waals surface area contributed by atoms with Gasteiger partial charge in [-0.3, -0.25) is 0 Å². The number of methoxy groups -OCH3 is 1. The summed E-state index contributed by atoms with van der Waals surface area (Å²) in [5.41, 5.74) is 1.54. The second kappa shape index (κ2) is 9.76. The monoisotopic (exact) mass is 398 g/mol. The van der Waals surface area contributed by atoms with E-state index in [-0.39, 0.29) is 0 Å². The van der Waals surface area contributed by atoms with Crippen LogP contribution in [0.1, 0.15) is 56.2 Å². The number of rotatable bonds is 8. The van der Waals surface area contributed by atoms with E-state index in [1.165, 1.54) is 32.1 Å². The van der Waals surface area contributed by atoms with Crippen LogP contribution in [0, 0.1) is 12.3 Å². The lowest BCUT2D eigenvalue weighted by Gasteiger charge is -2.28. The number of hydrogen-bond donors (Lipinski definition) is 2.